The molecule has 39 heavy (non-hydrogen) atoms. The number of ether oxygens (including phenoxy) is 4. The lowest BCUT2D eigenvalue weighted by Gasteiger charge is -2.13. The molecule has 0 spiro atoms. The van der Waals surface area contributed by atoms with Crippen LogP contribution in [0.15, 0.2) is 65.8 Å². The third-order valence-corrected chi connectivity index (χ3v) is 6.84. The molecule has 202 valence electrons. The van der Waals surface area contributed by atoms with Crippen molar-refractivity contribution in [1.29, 1.82) is 0 Å². The predicted octanol–water partition coefficient (Wildman–Crippen LogP) is 6.01. The van der Waals surface area contributed by atoms with E-state index in [1.54, 1.807) is 26.4 Å². The van der Waals surface area contributed by atoms with Crippen molar-refractivity contribution in [3.8, 4) is 45.5 Å². The Labute approximate surface area is 235 Å². The third kappa shape index (κ3) is 6.90. The number of carbonyl (C=O) groups excluding carboxylic acids is 1. The van der Waals surface area contributed by atoms with Gasteiger partial charge in [-0.05, 0) is 54.6 Å². The van der Waals surface area contributed by atoms with E-state index in [9.17, 15) is 4.79 Å². The molecule has 0 fully saturated rings. The van der Waals surface area contributed by atoms with Crippen molar-refractivity contribution >= 4 is 35.0 Å². The standard InChI is InChI=1S/C28H27ClN4O5S/c1-35-19-9-5-17(6-10-19)26-27(18-7-11-20(36-2)12-8-18)32-33-28(31-26)39-14-13-25(34)30-22-15-21(29)23(37-3)16-24(22)38-4/h5-12,15-16H,13-14H2,1-4H3,(H,30,34). The summed E-state index contributed by atoms with van der Waals surface area (Å²) in [7, 11) is 6.26. The van der Waals surface area contributed by atoms with Crippen molar-refractivity contribution < 1.29 is 23.7 Å². The van der Waals surface area contributed by atoms with E-state index in [4.69, 9.17) is 35.5 Å². The van der Waals surface area contributed by atoms with Crippen LogP contribution in [0, 0.1) is 0 Å². The fourth-order valence-corrected chi connectivity index (χ4v) is 4.64. The van der Waals surface area contributed by atoms with E-state index >= 15 is 0 Å². The van der Waals surface area contributed by atoms with Crippen LogP contribution in [0.25, 0.3) is 22.5 Å². The Morgan fingerprint density at radius 1 is 0.795 bits per heavy atom. The van der Waals surface area contributed by atoms with Crippen molar-refractivity contribution in [1.82, 2.24) is 15.2 Å². The number of aromatic nitrogens is 3. The second-order valence-corrected chi connectivity index (χ2v) is 9.55. The molecule has 0 aliphatic carbocycles. The highest BCUT2D eigenvalue weighted by atomic mass is 35.5. The van der Waals surface area contributed by atoms with Crippen molar-refractivity contribution in [3.05, 3.63) is 65.7 Å². The molecule has 0 bridgehead atoms. The summed E-state index contributed by atoms with van der Waals surface area (Å²) in [4.78, 5) is 17.4. The molecule has 11 heteroatoms. The molecule has 0 radical (unpaired) electrons. The molecule has 0 saturated heterocycles. The highest BCUT2D eigenvalue weighted by Crippen LogP contribution is 2.36. The summed E-state index contributed by atoms with van der Waals surface area (Å²) >= 11 is 7.55. The Bertz CT molecular complexity index is 1440. The van der Waals surface area contributed by atoms with Crippen LogP contribution < -0.4 is 24.3 Å². The molecule has 4 rings (SSSR count). The first-order valence-corrected chi connectivity index (χ1v) is 13.2. The van der Waals surface area contributed by atoms with Gasteiger partial charge in [-0.3, -0.25) is 4.79 Å². The average Bonchev–Trinajstić information content (AvgIpc) is 2.97. The number of hydrogen-bond donors (Lipinski definition) is 1. The molecule has 1 N–H and O–H groups in total. The van der Waals surface area contributed by atoms with Gasteiger partial charge >= 0.3 is 0 Å². The molecule has 1 heterocycles. The van der Waals surface area contributed by atoms with Gasteiger partial charge in [0.2, 0.25) is 11.1 Å². The first-order valence-electron chi connectivity index (χ1n) is 11.8. The van der Waals surface area contributed by atoms with Gasteiger partial charge in [-0.1, -0.05) is 23.4 Å². The largest absolute Gasteiger partial charge is 0.497 e. The van der Waals surface area contributed by atoms with Gasteiger partial charge in [-0.2, -0.15) is 0 Å². The van der Waals surface area contributed by atoms with Crippen LogP contribution in [-0.2, 0) is 4.79 Å². The maximum absolute atomic E-state index is 12.6. The molecular formula is C28H27ClN4O5S. The molecular weight excluding hydrogens is 540 g/mol. The normalized spacial score (nSPS) is 10.6. The van der Waals surface area contributed by atoms with Gasteiger partial charge in [0, 0.05) is 29.4 Å². The molecule has 1 amide bonds. The van der Waals surface area contributed by atoms with Gasteiger partial charge in [-0.15, -0.1) is 10.2 Å². The number of benzene rings is 3. The Balaban J connectivity index is 1.50. The minimum Gasteiger partial charge on any atom is -0.497 e. The van der Waals surface area contributed by atoms with E-state index in [2.05, 4.69) is 15.5 Å². The molecule has 1 aromatic heterocycles. The summed E-state index contributed by atoms with van der Waals surface area (Å²) in [6.45, 7) is 0. The summed E-state index contributed by atoms with van der Waals surface area (Å²) in [5.41, 5.74) is 3.47. The summed E-state index contributed by atoms with van der Waals surface area (Å²) in [5.74, 6) is 2.61. The summed E-state index contributed by atoms with van der Waals surface area (Å²) < 4.78 is 21.1. The molecule has 0 aliphatic heterocycles. The van der Waals surface area contributed by atoms with Crippen LogP contribution in [0.3, 0.4) is 0 Å². The number of amides is 1. The monoisotopic (exact) mass is 566 g/mol. The fraction of sp³-hybridized carbons (Fsp3) is 0.214. The molecule has 9 nitrogen and oxygen atoms in total. The number of methoxy groups -OCH3 is 4. The lowest BCUT2D eigenvalue weighted by atomic mass is 10.0. The lowest BCUT2D eigenvalue weighted by Crippen LogP contribution is -2.13. The molecule has 0 unspecified atom stereocenters. The Kier molecular flexibility index (Phi) is 9.45. The Morgan fingerprint density at radius 2 is 1.38 bits per heavy atom. The number of rotatable bonds is 11. The number of anilines is 1. The molecule has 4 aromatic rings. The SMILES string of the molecule is COc1ccc(-c2nnc(SCCC(=O)Nc3cc(Cl)c(OC)cc3OC)nc2-c2ccc(OC)cc2)cc1. The van der Waals surface area contributed by atoms with Crippen LogP contribution in [-0.4, -0.2) is 55.3 Å². The fourth-order valence-electron chi connectivity index (χ4n) is 3.67. The van der Waals surface area contributed by atoms with Crippen molar-refractivity contribution in [3.63, 3.8) is 0 Å². The maximum Gasteiger partial charge on any atom is 0.225 e. The van der Waals surface area contributed by atoms with Crippen LogP contribution in [0.4, 0.5) is 5.69 Å². The molecule has 0 atom stereocenters. The zero-order valence-corrected chi connectivity index (χ0v) is 23.4. The summed E-state index contributed by atoms with van der Waals surface area (Å²) in [5, 5.41) is 12.5. The smallest absolute Gasteiger partial charge is 0.225 e. The zero-order valence-electron chi connectivity index (χ0n) is 21.9. The van der Waals surface area contributed by atoms with E-state index in [-0.39, 0.29) is 12.3 Å². The van der Waals surface area contributed by atoms with Crippen molar-refractivity contribution in [2.45, 2.75) is 11.6 Å². The summed E-state index contributed by atoms with van der Waals surface area (Å²) in [6.07, 6.45) is 0.207. The van der Waals surface area contributed by atoms with Gasteiger partial charge in [0.1, 0.15) is 34.4 Å². The topological polar surface area (TPSA) is 105 Å². The Morgan fingerprint density at radius 3 is 1.95 bits per heavy atom. The lowest BCUT2D eigenvalue weighted by molar-refractivity contribution is -0.115. The van der Waals surface area contributed by atoms with Crippen LogP contribution >= 0.6 is 23.4 Å². The number of hydrogen-bond acceptors (Lipinski definition) is 9. The van der Waals surface area contributed by atoms with Crippen molar-refractivity contribution in [2.24, 2.45) is 0 Å². The first kappa shape index (κ1) is 28.0. The minimum atomic E-state index is -0.208. The van der Waals surface area contributed by atoms with Crippen LogP contribution in [0.5, 0.6) is 23.0 Å². The van der Waals surface area contributed by atoms with Gasteiger partial charge in [0.05, 0.1) is 39.1 Å². The van der Waals surface area contributed by atoms with Crippen LogP contribution in [0.2, 0.25) is 5.02 Å². The van der Waals surface area contributed by atoms with Crippen LogP contribution in [0.1, 0.15) is 6.42 Å². The number of nitrogens with zero attached hydrogens (tertiary/aromatic N) is 3. The number of thioether (sulfide) groups is 1. The molecule has 0 aliphatic rings. The second kappa shape index (κ2) is 13.2. The van der Waals surface area contributed by atoms with E-state index < -0.39 is 0 Å². The van der Waals surface area contributed by atoms with Gasteiger partial charge in [0.25, 0.3) is 0 Å². The van der Waals surface area contributed by atoms with Gasteiger partial charge in [-0.25, -0.2) is 4.98 Å². The number of carbonyl (C=O) groups is 1. The van der Waals surface area contributed by atoms with E-state index in [0.29, 0.717) is 44.5 Å². The molecule has 3 aromatic carbocycles. The predicted molar refractivity (Wildman–Crippen MR) is 152 cm³/mol. The molecule has 0 saturated carbocycles. The Hall–Kier alpha value is -4.02. The highest BCUT2D eigenvalue weighted by molar-refractivity contribution is 7.99. The third-order valence-electron chi connectivity index (χ3n) is 5.70. The second-order valence-electron chi connectivity index (χ2n) is 8.08. The van der Waals surface area contributed by atoms with Crippen molar-refractivity contribution in [2.75, 3.05) is 39.5 Å². The number of halogens is 1. The summed E-state index contributed by atoms with van der Waals surface area (Å²) in [6, 6.07) is 18.3. The quantitative estimate of drug-likeness (QED) is 0.218. The maximum atomic E-state index is 12.6. The van der Waals surface area contributed by atoms with E-state index in [1.165, 1.54) is 26.0 Å². The first-order chi connectivity index (χ1) is 18.9. The van der Waals surface area contributed by atoms with Gasteiger partial charge in [0.15, 0.2) is 0 Å². The van der Waals surface area contributed by atoms with Gasteiger partial charge < -0.3 is 24.3 Å². The minimum absolute atomic E-state index is 0.207. The van der Waals surface area contributed by atoms with E-state index in [1.807, 2.05) is 48.5 Å². The van der Waals surface area contributed by atoms with E-state index in [0.717, 1.165) is 22.6 Å². The number of nitrogens with one attached hydrogen (secondary N) is 1. The average molecular weight is 567 g/mol. The highest BCUT2D eigenvalue weighted by Gasteiger charge is 2.16. The zero-order chi connectivity index (χ0) is 27.8.